The molecule has 0 radical (unpaired) electrons. The minimum absolute atomic E-state index is 0.132. The molecule has 120 valence electrons. The lowest BCUT2D eigenvalue weighted by molar-refractivity contribution is 0.0779. The molecule has 0 unspecified atom stereocenters. The van der Waals surface area contributed by atoms with Crippen LogP contribution in [-0.4, -0.2) is 27.4 Å². The van der Waals surface area contributed by atoms with Crippen LogP contribution in [0.1, 0.15) is 26.8 Å². The van der Waals surface area contributed by atoms with Gasteiger partial charge in [0.25, 0.3) is 11.5 Å². The highest BCUT2D eigenvalue weighted by Gasteiger charge is 2.22. The van der Waals surface area contributed by atoms with Gasteiger partial charge < -0.3 is 13.9 Å². The van der Waals surface area contributed by atoms with Gasteiger partial charge in [0.2, 0.25) is 0 Å². The molecule has 3 aromatic heterocycles. The first-order chi connectivity index (χ1) is 10.9. The average Bonchev–Trinajstić information content (AvgIpc) is 3.06. The summed E-state index contributed by atoms with van der Waals surface area (Å²) in [6, 6.07) is 3.72. The maximum Gasteiger partial charge on any atom is 0.264 e. The third-order valence-electron chi connectivity index (χ3n) is 3.74. The first-order valence-electron chi connectivity index (χ1n) is 7.14. The Morgan fingerprint density at radius 2 is 2.13 bits per heavy atom. The second-order valence-corrected chi connectivity index (χ2v) is 6.57. The Kier molecular flexibility index (Phi) is 3.81. The number of fused-ring (bicyclic) bond motifs is 1. The molecular weight excluding hydrogens is 314 g/mol. The Hall–Kier alpha value is -2.41. The summed E-state index contributed by atoms with van der Waals surface area (Å²) in [4.78, 5) is 31.9. The molecule has 7 heteroatoms. The zero-order valence-corrected chi connectivity index (χ0v) is 14.2. The van der Waals surface area contributed by atoms with Crippen molar-refractivity contribution in [1.82, 2.24) is 14.5 Å². The number of amides is 1. The first kappa shape index (κ1) is 15.5. The van der Waals surface area contributed by atoms with Gasteiger partial charge in [-0.05, 0) is 31.5 Å². The quantitative estimate of drug-likeness (QED) is 0.739. The second kappa shape index (κ2) is 5.66. The molecule has 0 spiro atoms. The van der Waals surface area contributed by atoms with Crippen LogP contribution in [0.25, 0.3) is 10.2 Å². The van der Waals surface area contributed by atoms with Gasteiger partial charge in [0.15, 0.2) is 0 Å². The van der Waals surface area contributed by atoms with Gasteiger partial charge in [0.05, 0.1) is 23.1 Å². The van der Waals surface area contributed by atoms with Gasteiger partial charge >= 0.3 is 0 Å². The standard InChI is InChI=1S/C16H17N3O3S/c1-9-5-6-11(22-9)7-18(3)16(21)13-10(2)12-14(23-13)17-8-19(4)15(12)20/h5-6,8H,7H2,1-4H3. The van der Waals surface area contributed by atoms with E-state index in [1.165, 1.54) is 22.2 Å². The van der Waals surface area contributed by atoms with Crippen molar-refractivity contribution < 1.29 is 9.21 Å². The predicted octanol–water partition coefficient (Wildman–Crippen LogP) is 2.48. The van der Waals surface area contributed by atoms with Crippen LogP contribution in [-0.2, 0) is 13.6 Å². The van der Waals surface area contributed by atoms with Gasteiger partial charge in [-0.3, -0.25) is 9.59 Å². The molecule has 0 aromatic carbocycles. The van der Waals surface area contributed by atoms with E-state index in [0.717, 1.165) is 11.5 Å². The lowest BCUT2D eigenvalue weighted by Gasteiger charge is -2.15. The molecular formula is C16H17N3O3S. The van der Waals surface area contributed by atoms with E-state index in [-0.39, 0.29) is 11.5 Å². The van der Waals surface area contributed by atoms with Crippen molar-refractivity contribution in [2.24, 2.45) is 7.05 Å². The number of aryl methyl sites for hydroxylation is 3. The minimum atomic E-state index is -0.137. The predicted molar refractivity (Wildman–Crippen MR) is 88.8 cm³/mol. The number of furan rings is 1. The molecule has 0 aliphatic rings. The van der Waals surface area contributed by atoms with E-state index >= 15 is 0 Å². The summed E-state index contributed by atoms with van der Waals surface area (Å²) in [6.45, 7) is 4.04. The van der Waals surface area contributed by atoms with E-state index in [4.69, 9.17) is 4.42 Å². The van der Waals surface area contributed by atoms with E-state index in [0.29, 0.717) is 27.2 Å². The van der Waals surface area contributed by atoms with Crippen LogP contribution >= 0.6 is 11.3 Å². The van der Waals surface area contributed by atoms with Crippen molar-refractivity contribution in [3.8, 4) is 0 Å². The molecule has 0 saturated heterocycles. The Balaban J connectivity index is 1.96. The Labute approximate surface area is 137 Å². The second-order valence-electron chi connectivity index (χ2n) is 5.57. The number of carbonyl (C=O) groups excluding carboxylic acids is 1. The summed E-state index contributed by atoms with van der Waals surface area (Å²) in [6.07, 6.45) is 1.48. The van der Waals surface area contributed by atoms with E-state index in [1.54, 1.807) is 25.9 Å². The minimum Gasteiger partial charge on any atom is -0.464 e. The van der Waals surface area contributed by atoms with Crippen molar-refractivity contribution in [2.75, 3.05) is 7.05 Å². The maximum atomic E-state index is 12.7. The summed E-state index contributed by atoms with van der Waals surface area (Å²) in [5.74, 6) is 1.40. The summed E-state index contributed by atoms with van der Waals surface area (Å²) in [7, 11) is 3.37. The van der Waals surface area contributed by atoms with Crippen LogP contribution in [0.2, 0.25) is 0 Å². The molecule has 23 heavy (non-hydrogen) atoms. The lowest BCUT2D eigenvalue weighted by Crippen LogP contribution is -2.26. The molecule has 0 saturated carbocycles. The molecule has 0 bridgehead atoms. The zero-order chi connectivity index (χ0) is 16.7. The molecule has 0 fully saturated rings. The van der Waals surface area contributed by atoms with Crippen molar-refractivity contribution in [3.63, 3.8) is 0 Å². The van der Waals surface area contributed by atoms with Crippen LogP contribution in [0.15, 0.2) is 27.7 Å². The lowest BCUT2D eigenvalue weighted by atomic mass is 10.2. The normalized spacial score (nSPS) is 11.1. The third-order valence-corrected chi connectivity index (χ3v) is 4.93. The summed E-state index contributed by atoms with van der Waals surface area (Å²) >= 11 is 1.25. The van der Waals surface area contributed by atoms with Crippen LogP contribution in [0, 0.1) is 13.8 Å². The summed E-state index contributed by atoms with van der Waals surface area (Å²) < 4.78 is 6.93. The molecule has 0 aliphatic heterocycles. The highest BCUT2D eigenvalue weighted by molar-refractivity contribution is 7.20. The monoisotopic (exact) mass is 331 g/mol. The van der Waals surface area contributed by atoms with Crippen LogP contribution in [0.3, 0.4) is 0 Å². The first-order valence-corrected chi connectivity index (χ1v) is 7.95. The van der Waals surface area contributed by atoms with Crippen molar-refractivity contribution >= 4 is 27.5 Å². The fourth-order valence-corrected chi connectivity index (χ4v) is 3.60. The fraction of sp³-hybridized carbons (Fsp3) is 0.312. The largest absolute Gasteiger partial charge is 0.464 e. The van der Waals surface area contributed by atoms with Gasteiger partial charge in [-0.1, -0.05) is 0 Å². The topological polar surface area (TPSA) is 68.3 Å². The number of aromatic nitrogens is 2. The number of hydrogen-bond donors (Lipinski definition) is 0. The zero-order valence-electron chi connectivity index (χ0n) is 13.4. The van der Waals surface area contributed by atoms with Crippen molar-refractivity contribution in [3.05, 3.63) is 50.8 Å². The van der Waals surface area contributed by atoms with E-state index < -0.39 is 0 Å². The Morgan fingerprint density at radius 3 is 2.78 bits per heavy atom. The molecule has 3 heterocycles. The highest BCUT2D eigenvalue weighted by Crippen LogP contribution is 2.28. The Morgan fingerprint density at radius 1 is 1.39 bits per heavy atom. The van der Waals surface area contributed by atoms with Crippen molar-refractivity contribution in [2.45, 2.75) is 20.4 Å². The van der Waals surface area contributed by atoms with Gasteiger partial charge in [0.1, 0.15) is 16.4 Å². The summed E-state index contributed by atoms with van der Waals surface area (Å²) in [5, 5.41) is 0.519. The van der Waals surface area contributed by atoms with E-state index in [1.807, 2.05) is 19.1 Å². The molecule has 3 rings (SSSR count). The molecule has 0 aliphatic carbocycles. The molecule has 6 nitrogen and oxygen atoms in total. The molecule has 3 aromatic rings. The van der Waals surface area contributed by atoms with E-state index in [9.17, 15) is 9.59 Å². The van der Waals surface area contributed by atoms with Crippen LogP contribution < -0.4 is 5.56 Å². The van der Waals surface area contributed by atoms with Crippen LogP contribution in [0.4, 0.5) is 0 Å². The fourth-order valence-electron chi connectivity index (χ4n) is 2.46. The maximum absolute atomic E-state index is 12.7. The number of nitrogens with zero attached hydrogens (tertiary/aromatic N) is 3. The molecule has 0 N–H and O–H groups in total. The number of hydrogen-bond acceptors (Lipinski definition) is 5. The van der Waals surface area contributed by atoms with Gasteiger partial charge in [0, 0.05) is 14.1 Å². The van der Waals surface area contributed by atoms with Gasteiger partial charge in [-0.25, -0.2) is 4.98 Å². The number of rotatable bonds is 3. The van der Waals surface area contributed by atoms with E-state index in [2.05, 4.69) is 4.98 Å². The third kappa shape index (κ3) is 2.68. The summed E-state index contributed by atoms with van der Waals surface area (Å²) in [5.41, 5.74) is 0.554. The van der Waals surface area contributed by atoms with Gasteiger partial charge in [-0.2, -0.15) is 0 Å². The molecule has 1 amide bonds. The number of thiophene rings is 1. The number of carbonyl (C=O) groups is 1. The highest BCUT2D eigenvalue weighted by atomic mass is 32.1. The van der Waals surface area contributed by atoms with Gasteiger partial charge in [-0.15, -0.1) is 11.3 Å². The Bertz CT molecular complexity index is 951. The smallest absolute Gasteiger partial charge is 0.264 e. The van der Waals surface area contributed by atoms with Crippen molar-refractivity contribution in [1.29, 1.82) is 0 Å². The van der Waals surface area contributed by atoms with Crippen LogP contribution in [0.5, 0.6) is 0 Å². The molecule has 0 atom stereocenters. The SMILES string of the molecule is Cc1ccc(CN(C)C(=O)c2sc3ncn(C)c(=O)c3c2C)o1. The average molecular weight is 331 g/mol.